The number of hydrogen-bond donors (Lipinski definition) is 0. The Kier molecular flexibility index (Phi) is 9.77. The van der Waals surface area contributed by atoms with E-state index >= 15 is 0 Å². The summed E-state index contributed by atoms with van der Waals surface area (Å²) in [4.78, 5) is 28.4. The molecule has 1 heterocycles. The van der Waals surface area contributed by atoms with Gasteiger partial charge in [-0.15, -0.1) is 23.5 Å². The molecule has 3 rings (SSSR count). The van der Waals surface area contributed by atoms with E-state index in [0.29, 0.717) is 35.7 Å². The first kappa shape index (κ1) is 26.0. The Morgan fingerprint density at radius 3 is 2.32 bits per heavy atom. The predicted octanol–water partition coefficient (Wildman–Crippen LogP) is 5.27. The van der Waals surface area contributed by atoms with Crippen molar-refractivity contribution >= 4 is 35.4 Å². The van der Waals surface area contributed by atoms with E-state index in [1.54, 1.807) is 28.4 Å². The van der Waals surface area contributed by atoms with Gasteiger partial charge in [0, 0.05) is 12.1 Å². The van der Waals surface area contributed by atoms with Gasteiger partial charge in [-0.25, -0.2) is 4.79 Å². The van der Waals surface area contributed by atoms with Crippen molar-refractivity contribution in [3.63, 3.8) is 0 Å². The van der Waals surface area contributed by atoms with E-state index in [1.165, 1.54) is 7.11 Å². The average molecular weight is 502 g/mol. The van der Waals surface area contributed by atoms with Gasteiger partial charge >= 0.3 is 5.97 Å². The Morgan fingerprint density at radius 1 is 1.00 bits per heavy atom. The van der Waals surface area contributed by atoms with Crippen LogP contribution in [0.3, 0.4) is 0 Å². The van der Waals surface area contributed by atoms with Gasteiger partial charge in [0.15, 0.2) is 11.5 Å². The number of methoxy groups -OCH3 is 1. The van der Waals surface area contributed by atoms with Crippen LogP contribution >= 0.6 is 23.5 Å². The molecule has 0 fully saturated rings. The summed E-state index contributed by atoms with van der Waals surface area (Å²) in [5.41, 5.74) is 2.90. The monoisotopic (exact) mass is 501 g/mol. The first-order valence-corrected chi connectivity index (χ1v) is 13.3. The number of nitrogens with zero attached hydrogens (tertiary/aromatic N) is 1. The second kappa shape index (κ2) is 12.8. The number of fused-ring (bicyclic) bond motifs is 1. The van der Waals surface area contributed by atoms with Crippen LogP contribution in [0, 0.1) is 0 Å². The minimum atomic E-state index is -0.455. The number of amides is 1. The summed E-state index contributed by atoms with van der Waals surface area (Å²) in [7, 11) is 1.36. The maximum atomic E-state index is 13.8. The average Bonchev–Trinajstić information content (AvgIpc) is 3.33. The fourth-order valence-corrected chi connectivity index (χ4v) is 5.98. The second-order valence-corrected chi connectivity index (χ2v) is 10.6. The van der Waals surface area contributed by atoms with E-state index in [4.69, 9.17) is 14.2 Å². The molecule has 8 heteroatoms. The number of carbonyl (C=O) groups excluding carboxylic acids is 2. The Morgan fingerprint density at radius 2 is 1.68 bits per heavy atom. The van der Waals surface area contributed by atoms with Crippen molar-refractivity contribution in [2.24, 2.45) is 0 Å². The van der Waals surface area contributed by atoms with Crippen LogP contribution in [0.5, 0.6) is 11.5 Å². The van der Waals surface area contributed by atoms with Crippen LogP contribution in [-0.2, 0) is 27.3 Å². The molecule has 0 aliphatic carbocycles. The third-order valence-corrected chi connectivity index (χ3v) is 7.87. The smallest absolute Gasteiger partial charge is 0.335 e. The first-order chi connectivity index (χ1) is 16.5. The lowest BCUT2D eigenvalue weighted by atomic mass is 10.0. The molecule has 0 atom stereocenters. The highest BCUT2D eigenvalue weighted by molar-refractivity contribution is 8.18. The van der Waals surface area contributed by atoms with Gasteiger partial charge in [0.1, 0.15) is 4.58 Å². The third-order valence-electron chi connectivity index (χ3n) is 5.38. The molecule has 6 nitrogen and oxygen atoms in total. The molecule has 2 aromatic carbocycles. The van der Waals surface area contributed by atoms with Gasteiger partial charge in [0.25, 0.3) is 0 Å². The highest BCUT2D eigenvalue weighted by Crippen LogP contribution is 2.34. The van der Waals surface area contributed by atoms with E-state index in [2.05, 4.69) is 0 Å². The number of esters is 1. The zero-order valence-electron chi connectivity index (χ0n) is 20.0. The molecule has 0 radical (unpaired) electrons. The molecule has 1 aliphatic rings. The fraction of sp³-hybridized carbons (Fsp3) is 0.385. The lowest BCUT2D eigenvalue weighted by molar-refractivity contribution is -0.136. The lowest BCUT2D eigenvalue weighted by Crippen LogP contribution is -2.36. The molecule has 0 saturated carbocycles. The van der Waals surface area contributed by atoms with Gasteiger partial charge in [-0.2, -0.15) is 0 Å². The molecule has 0 bridgehead atoms. The quantitative estimate of drug-likeness (QED) is 0.236. The molecular weight excluding hydrogens is 470 g/mol. The highest BCUT2D eigenvalue weighted by atomic mass is 32.2. The topological polar surface area (TPSA) is 65.1 Å². The first-order valence-electron chi connectivity index (χ1n) is 11.2. The zero-order valence-corrected chi connectivity index (χ0v) is 21.7. The predicted molar refractivity (Wildman–Crippen MR) is 138 cm³/mol. The van der Waals surface area contributed by atoms with Crippen LogP contribution < -0.4 is 9.47 Å². The van der Waals surface area contributed by atoms with E-state index in [-0.39, 0.29) is 17.3 Å². The maximum absolute atomic E-state index is 13.8. The number of benzene rings is 2. The summed E-state index contributed by atoms with van der Waals surface area (Å²) in [6.45, 7) is 6.47. The number of carbonyl (C=O) groups is 2. The van der Waals surface area contributed by atoms with Crippen LogP contribution in [-0.4, -0.2) is 46.8 Å². The molecular formula is C26H31NO5S2. The van der Waals surface area contributed by atoms with Gasteiger partial charge < -0.3 is 19.1 Å². The van der Waals surface area contributed by atoms with Crippen LogP contribution in [0.4, 0.5) is 0 Å². The standard InChI is InChI=1S/C26H31NO5S2/c1-5-33-26(34-6-2)24(28)27(16-19-10-8-7-9-11-19)18(3)21(25(29)30-4)14-20-12-13-22-23(15-20)32-17-31-22/h7-13,15,26H,5-6,14,16-17H2,1-4H3/b21-18+. The van der Waals surface area contributed by atoms with Crippen molar-refractivity contribution in [3.8, 4) is 11.5 Å². The Hall–Kier alpha value is -2.58. The van der Waals surface area contributed by atoms with Crippen LogP contribution in [0.15, 0.2) is 59.8 Å². The number of thioether (sulfide) groups is 2. The summed E-state index contributed by atoms with van der Waals surface area (Å²) >= 11 is 3.22. The molecule has 0 unspecified atom stereocenters. The van der Waals surface area contributed by atoms with E-state index in [0.717, 1.165) is 22.6 Å². The summed E-state index contributed by atoms with van der Waals surface area (Å²) < 4.78 is 15.8. The summed E-state index contributed by atoms with van der Waals surface area (Å²) in [6, 6.07) is 15.4. The number of hydrogen-bond acceptors (Lipinski definition) is 7. The van der Waals surface area contributed by atoms with Crippen molar-refractivity contribution < 1.29 is 23.8 Å². The number of allylic oxidation sites excluding steroid dienone is 1. The minimum absolute atomic E-state index is 0.0212. The van der Waals surface area contributed by atoms with Crippen LogP contribution in [0.2, 0.25) is 0 Å². The highest BCUT2D eigenvalue weighted by Gasteiger charge is 2.29. The minimum Gasteiger partial charge on any atom is -0.466 e. The summed E-state index contributed by atoms with van der Waals surface area (Å²) in [6.07, 6.45) is 0.306. The van der Waals surface area contributed by atoms with E-state index < -0.39 is 5.97 Å². The van der Waals surface area contributed by atoms with Crippen LogP contribution in [0.25, 0.3) is 0 Å². The Balaban J connectivity index is 2.01. The van der Waals surface area contributed by atoms with Crippen LogP contribution in [0.1, 0.15) is 31.9 Å². The summed E-state index contributed by atoms with van der Waals surface area (Å²) in [5.74, 6) is 2.51. The molecule has 0 spiro atoms. The van der Waals surface area contributed by atoms with Crippen molar-refractivity contribution in [2.75, 3.05) is 25.4 Å². The third kappa shape index (κ3) is 6.51. The fourth-order valence-electron chi connectivity index (χ4n) is 3.64. The van der Waals surface area contributed by atoms with Gasteiger partial charge in [-0.3, -0.25) is 4.79 Å². The van der Waals surface area contributed by atoms with E-state index in [9.17, 15) is 9.59 Å². The molecule has 182 valence electrons. The van der Waals surface area contributed by atoms with Gasteiger partial charge in [0.05, 0.1) is 19.2 Å². The second-order valence-electron chi connectivity index (χ2n) is 7.57. The zero-order chi connectivity index (χ0) is 24.5. The maximum Gasteiger partial charge on any atom is 0.335 e. The Bertz CT molecular complexity index is 1020. The molecule has 0 N–H and O–H groups in total. The normalized spacial score (nSPS) is 13.0. The largest absolute Gasteiger partial charge is 0.466 e. The number of ether oxygens (including phenoxy) is 3. The van der Waals surface area contributed by atoms with Gasteiger partial charge in [-0.05, 0) is 41.7 Å². The molecule has 1 aliphatic heterocycles. The molecule has 34 heavy (non-hydrogen) atoms. The van der Waals surface area contributed by atoms with Gasteiger partial charge in [-0.1, -0.05) is 50.2 Å². The van der Waals surface area contributed by atoms with Crippen molar-refractivity contribution in [1.29, 1.82) is 0 Å². The Labute approximate surface area is 210 Å². The summed E-state index contributed by atoms with van der Waals surface area (Å²) in [5, 5.41) is 0. The van der Waals surface area contributed by atoms with Crippen molar-refractivity contribution in [1.82, 2.24) is 4.90 Å². The molecule has 0 aromatic heterocycles. The van der Waals surface area contributed by atoms with Crippen molar-refractivity contribution in [2.45, 2.75) is 38.3 Å². The molecule has 1 amide bonds. The van der Waals surface area contributed by atoms with Gasteiger partial charge in [0.2, 0.25) is 12.7 Å². The number of rotatable bonds is 11. The molecule has 2 aromatic rings. The van der Waals surface area contributed by atoms with E-state index in [1.807, 2.05) is 69.3 Å². The SMILES string of the molecule is CCSC(SCC)C(=O)N(Cc1ccccc1)/C(C)=C(\Cc1ccc2c(c1)OCO2)C(=O)OC. The van der Waals surface area contributed by atoms with Crippen molar-refractivity contribution in [3.05, 3.63) is 70.9 Å². The lowest BCUT2D eigenvalue weighted by Gasteiger charge is -2.29. The molecule has 0 saturated heterocycles.